The lowest BCUT2D eigenvalue weighted by Gasteiger charge is -2.31. The van der Waals surface area contributed by atoms with Crippen molar-refractivity contribution in [1.29, 1.82) is 0 Å². The van der Waals surface area contributed by atoms with Gasteiger partial charge in [0.15, 0.2) is 0 Å². The molecule has 1 aliphatic heterocycles. The van der Waals surface area contributed by atoms with Crippen molar-refractivity contribution in [1.82, 2.24) is 10.3 Å². The van der Waals surface area contributed by atoms with E-state index in [2.05, 4.69) is 10.3 Å². The fraction of sp³-hybridized carbons (Fsp3) is 0.500. The molecule has 4 N–H and O–H groups in total. The van der Waals surface area contributed by atoms with Crippen molar-refractivity contribution >= 4 is 5.91 Å². The number of nitrogens with two attached hydrogens (primary N) is 1. The molecule has 1 unspecified atom stereocenters. The molecule has 7 heteroatoms. The number of rotatable bonds is 6. The van der Waals surface area contributed by atoms with Crippen molar-refractivity contribution in [3.63, 3.8) is 0 Å². The minimum absolute atomic E-state index is 0.0353. The number of aliphatic hydroxyl groups excluding tert-OH is 1. The molecule has 21 heavy (non-hydrogen) atoms. The van der Waals surface area contributed by atoms with Crippen molar-refractivity contribution < 1.29 is 19.4 Å². The van der Waals surface area contributed by atoms with Gasteiger partial charge in [-0.05, 0) is 18.2 Å². The number of benzene rings is 1. The molecule has 7 nitrogen and oxygen atoms in total. The van der Waals surface area contributed by atoms with Gasteiger partial charge in [-0.1, -0.05) is 6.07 Å². The van der Waals surface area contributed by atoms with Crippen LogP contribution in [0, 0.1) is 0 Å². The number of nitrogens with zero attached hydrogens (tertiary/aromatic N) is 1. The van der Waals surface area contributed by atoms with E-state index >= 15 is 0 Å². The Morgan fingerprint density at radius 3 is 3.19 bits per heavy atom. The SMILES string of the molecule is NNC(=O)c1cccc(OCCN2CCOC(CO)C2)c1. The number of carbonyl (C=O) groups is 1. The zero-order valence-electron chi connectivity index (χ0n) is 11.8. The number of carbonyl (C=O) groups excluding carboxylic acids is 1. The highest BCUT2D eigenvalue weighted by Crippen LogP contribution is 2.13. The highest BCUT2D eigenvalue weighted by Gasteiger charge is 2.19. The smallest absolute Gasteiger partial charge is 0.265 e. The van der Waals surface area contributed by atoms with Gasteiger partial charge in [0, 0.05) is 25.2 Å². The summed E-state index contributed by atoms with van der Waals surface area (Å²) in [5.41, 5.74) is 2.55. The average molecular weight is 295 g/mol. The quantitative estimate of drug-likeness (QED) is 0.367. The molecule has 116 valence electrons. The van der Waals surface area contributed by atoms with Crippen LogP contribution in [0.1, 0.15) is 10.4 Å². The number of ether oxygens (including phenoxy) is 2. The molecular weight excluding hydrogens is 274 g/mol. The van der Waals surface area contributed by atoms with Gasteiger partial charge < -0.3 is 14.6 Å². The van der Waals surface area contributed by atoms with Gasteiger partial charge in [0.2, 0.25) is 0 Å². The lowest BCUT2D eigenvalue weighted by molar-refractivity contribution is -0.0547. The molecule has 1 atom stereocenters. The third-order valence-corrected chi connectivity index (χ3v) is 3.33. The Labute approximate surface area is 123 Å². The zero-order valence-corrected chi connectivity index (χ0v) is 11.8. The number of morpholine rings is 1. The van der Waals surface area contributed by atoms with Crippen LogP contribution in [0.15, 0.2) is 24.3 Å². The number of hydrogen-bond acceptors (Lipinski definition) is 6. The van der Waals surface area contributed by atoms with E-state index in [-0.39, 0.29) is 18.6 Å². The highest BCUT2D eigenvalue weighted by molar-refractivity contribution is 5.94. The second kappa shape index (κ2) is 7.94. The first-order valence-corrected chi connectivity index (χ1v) is 6.91. The summed E-state index contributed by atoms with van der Waals surface area (Å²) in [6, 6.07) is 6.86. The van der Waals surface area contributed by atoms with Crippen molar-refractivity contribution in [3.8, 4) is 5.75 Å². The summed E-state index contributed by atoms with van der Waals surface area (Å²) < 4.78 is 11.0. The van der Waals surface area contributed by atoms with Crippen molar-refractivity contribution in [2.24, 2.45) is 5.84 Å². The number of hydrogen-bond donors (Lipinski definition) is 3. The van der Waals surface area contributed by atoms with Gasteiger partial charge in [0.05, 0.1) is 19.3 Å². The van der Waals surface area contributed by atoms with Gasteiger partial charge in [-0.15, -0.1) is 0 Å². The standard InChI is InChI=1S/C14H21N3O4/c15-16-14(19)11-2-1-3-12(8-11)20-6-4-17-5-7-21-13(9-17)10-18/h1-3,8,13,18H,4-7,9-10,15H2,(H,16,19). The fourth-order valence-corrected chi connectivity index (χ4v) is 2.20. The Hall–Kier alpha value is -1.67. The van der Waals surface area contributed by atoms with Gasteiger partial charge in [-0.25, -0.2) is 5.84 Å². The molecule has 1 heterocycles. The molecule has 1 amide bonds. The molecule has 1 saturated heterocycles. The van der Waals surface area contributed by atoms with Crippen LogP contribution in [0.3, 0.4) is 0 Å². The summed E-state index contributed by atoms with van der Waals surface area (Å²) >= 11 is 0. The molecule has 1 fully saturated rings. The minimum atomic E-state index is -0.348. The highest BCUT2D eigenvalue weighted by atomic mass is 16.5. The Morgan fingerprint density at radius 2 is 2.43 bits per heavy atom. The first-order valence-electron chi connectivity index (χ1n) is 6.91. The average Bonchev–Trinajstić information content (AvgIpc) is 2.54. The Bertz CT molecular complexity index is 469. The second-order valence-electron chi connectivity index (χ2n) is 4.83. The minimum Gasteiger partial charge on any atom is -0.492 e. The maximum atomic E-state index is 11.4. The molecule has 1 aromatic carbocycles. The lowest BCUT2D eigenvalue weighted by atomic mass is 10.2. The van der Waals surface area contributed by atoms with Crippen LogP contribution in [0.2, 0.25) is 0 Å². The van der Waals surface area contributed by atoms with Crippen LogP contribution in [0.4, 0.5) is 0 Å². The molecular formula is C14H21N3O4. The van der Waals surface area contributed by atoms with Crippen molar-refractivity contribution in [2.75, 3.05) is 39.5 Å². The third kappa shape index (κ3) is 4.68. The van der Waals surface area contributed by atoms with Gasteiger partial charge in [0.25, 0.3) is 5.91 Å². The number of hydrazine groups is 1. The maximum Gasteiger partial charge on any atom is 0.265 e. The molecule has 0 radical (unpaired) electrons. The van der Waals surface area contributed by atoms with E-state index in [0.29, 0.717) is 31.1 Å². The van der Waals surface area contributed by atoms with Crippen molar-refractivity contribution in [3.05, 3.63) is 29.8 Å². The Balaban J connectivity index is 1.79. The van der Waals surface area contributed by atoms with Gasteiger partial charge >= 0.3 is 0 Å². The van der Waals surface area contributed by atoms with Crippen LogP contribution < -0.4 is 16.0 Å². The lowest BCUT2D eigenvalue weighted by Crippen LogP contribution is -2.45. The predicted octanol–water partition coefficient (Wildman–Crippen LogP) is -0.638. The largest absolute Gasteiger partial charge is 0.492 e. The van der Waals surface area contributed by atoms with Crippen LogP contribution in [0.25, 0.3) is 0 Å². The molecule has 0 spiro atoms. The van der Waals surface area contributed by atoms with Crippen LogP contribution in [-0.2, 0) is 4.74 Å². The van der Waals surface area contributed by atoms with E-state index in [1.54, 1.807) is 24.3 Å². The number of amides is 1. The zero-order chi connectivity index (χ0) is 15.1. The summed E-state index contributed by atoms with van der Waals surface area (Å²) in [5.74, 6) is 5.38. The summed E-state index contributed by atoms with van der Waals surface area (Å²) in [6.07, 6.45) is -0.115. The van der Waals surface area contributed by atoms with Crippen molar-refractivity contribution in [2.45, 2.75) is 6.10 Å². The van der Waals surface area contributed by atoms with E-state index in [4.69, 9.17) is 20.4 Å². The molecule has 2 rings (SSSR count). The van der Waals surface area contributed by atoms with Gasteiger partial charge in [0.1, 0.15) is 12.4 Å². The number of aliphatic hydroxyl groups is 1. The van der Waals surface area contributed by atoms with E-state index in [0.717, 1.165) is 13.1 Å². The van der Waals surface area contributed by atoms with Gasteiger partial charge in [-0.2, -0.15) is 0 Å². The summed E-state index contributed by atoms with van der Waals surface area (Å²) in [7, 11) is 0. The Kier molecular flexibility index (Phi) is 5.94. The topological polar surface area (TPSA) is 97.0 Å². The second-order valence-corrected chi connectivity index (χ2v) is 4.83. The van der Waals surface area contributed by atoms with E-state index in [1.165, 1.54) is 0 Å². The fourth-order valence-electron chi connectivity index (χ4n) is 2.20. The van der Waals surface area contributed by atoms with Crippen LogP contribution >= 0.6 is 0 Å². The van der Waals surface area contributed by atoms with Crippen LogP contribution in [0.5, 0.6) is 5.75 Å². The maximum absolute atomic E-state index is 11.4. The summed E-state index contributed by atoms with van der Waals surface area (Å²) in [5, 5.41) is 9.09. The molecule has 1 aliphatic rings. The van der Waals surface area contributed by atoms with Gasteiger partial charge in [-0.3, -0.25) is 15.1 Å². The number of nitrogen functional groups attached to an aromatic ring is 1. The molecule has 0 bridgehead atoms. The van der Waals surface area contributed by atoms with E-state index in [9.17, 15) is 4.79 Å². The van der Waals surface area contributed by atoms with Crippen LogP contribution in [-0.4, -0.2) is 61.5 Å². The van der Waals surface area contributed by atoms with E-state index in [1.807, 2.05) is 0 Å². The Morgan fingerprint density at radius 1 is 1.57 bits per heavy atom. The normalized spacial score (nSPS) is 19.2. The first-order chi connectivity index (χ1) is 10.2. The number of nitrogens with one attached hydrogen (secondary N) is 1. The molecule has 1 aromatic rings. The summed E-state index contributed by atoms with van der Waals surface area (Å²) in [4.78, 5) is 13.6. The monoisotopic (exact) mass is 295 g/mol. The molecule has 0 aromatic heterocycles. The molecule has 0 saturated carbocycles. The molecule has 0 aliphatic carbocycles. The summed E-state index contributed by atoms with van der Waals surface area (Å²) in [6.45, 7) is 3.44. The predicted molar refractivity (Wildman–Crippen MR) is 76.9 cm³/mol. The third-order valence-electron chi connectivity index (χ3n) is 3.33. The first kappa shape index (κ1) is 15.7. The van der Waals surface area contributed by atoms with E-state index < -0.39 is 0 Å².